The fourth-order valence-electron chi connectivity index (χ4n) is 1.85. The smallest absolute Gasteiger partial charge is 0.336 e. The number of carboxylic acids is 1. The molecule has 6 heteroatoms. The molecule has 0 atom stereocenters. The SMILES string of the molecule is COc1ccc(COc2cc(I)c(C(=O)O)cc2OC)cc1. The highest BCUT2D eigenvalue weighted by molar-refractivity contribution is 14.1. The largest absolute Gasteiger partial charge is 0.497 e. The maximum absolute atomic E-state index is 11.1. The number of halogens is 1. The van der Waals surface area contributed by atoms with Crippen LogP contribution in [-0.4, -0.2) is 25.3 Å². The maximum atomic E-state index is 11.1. The summed E-state index contributed by atoms with van der Waals surface area (Å²) in [4.78, 5) is 11.1. The normalized spacial score (nSPS) is 10.1. The summed E-state index contributed by atoms with van der Waals surface area (Å²) < 4.78 is 16.6. The zero-order chi connectivity index (χ0) is 16.1. The molecule has 0 aromatic heterocycles. The van der Waals surface area contributed by atoms with Gasteiger partial charge in [0.25, 0.3) is 0 Å². The number of hydrogen-bond acceptors (Lipinski definition) is 4. The lowest BCUT2D eigenvalue weighted by atomic mass is 10.2. The van der Waals surface area contributed by atoms with Crippen molar-refractivity contribution in [3.63, 3.8) is 0 Å². The molecule has 116 valence electrons. The number of benzene rings is 2. The third-order valence-electron chi connectivity index (χ3n) is 3.04. The van der Waals surface area contributed by atoms with Crippen molar-refractivity contribution in [2.24, 2.45) is 0 Å². The van der Waals surface area contributed by atoms with Gasteiger partial charge in [0.2, 0.25) is 0 Å². The second kappa shape index (κ2) is 7.35. The molecule has 0 spiro atoms. The van der Waals surface area contributed by atoms with Crippen LogP contribution in [0, 0.1) is 3.57 Å². The monoisotopic (exact) mass is 414 g/mol. The molecule has 2 rings (SSSR count). The Morgan fingerprint density at radius 1 is 1.09 bits per heavy atom. The van der Waals surface area contributed by atoms with Gasteiger partial charge in [-0.1, -0.05) is 12.1 Å². The Labute approximate surface area is 142 Å². The lowest BCUT2D eigenvalue weighted by molar-refractivity contribution is 0.0695. The van der Waals surface area contributed by atoms with Crippen molar-refractivity contribution in [2.75, 3.05) is 14.2 Å². The van der Waals surface area contributed by atoms with E-state index in [1.54, 1.807) is 13.2 Å². The van der Waals surface area contributed by atoms with E-state index in [0.29, 0.717) is 21.7 Å². The van der Waals surface area contributed by atoms with E-state index in [0.717, 1.165) is 11.3 Å². The molecule has 0 aliphatic carbocycles. The number of carboxylic acid groups (broad SMARTS) is 1. The van der Waals surface area contributed by atoms with Gasteiger partial charge in [0.05, 0.1) is 19.8 Å². The summed E-state index contributed by atoms with van der Waals surface area (Å²) in [6.45, 7) is 0.350. The van der Waals surface area contributed by atoms with E-state index in [1.165, 1.54) is 13.2 Å². The van der Waals surface area contributed by atoms with Crippen LogP contribution in [-0.2, 0) is 6.61 Å². The van der Waals surface area contributed by atoms with E-state index < -0.39 is 5.97 Å². The summed E-state index contributed by atoms with van der Waals surface area (Å²) in [5.41, 5.74) is 1.16. The lowest BCUT2D eigenvalue weighted by Crippen LogP contribution is -2.03. The van der Waals surface area contributed by atoms with Crippen LogP contribution < -0.4 is 14.2 Å². The Balaban J connectivity index is 2.17. The average Bonchev–Trinajstić information content (AvgIpc) is 2.53. The Morgan fingerprint density at radius 3 is 2.32 bits per heavy atom. The van der Waals surface area contributed by atoms with Gasteiger partial charge >= 0.3 is 5.97 Å². The number of methoxy groups -OCH3 is 2. The van der Waals surface area contributed by atoms with Gasteiger partial charge in [-0.05, 0) is 52.4 Å². The summed E-state index contributed by atoms with van der Waals surface area (Å²) in [5, 5.41) is 9.12. The number of aromatic carboxylic acids is 1. The first-order valence-corrected chi connectivity index (χ1v) is 7.49. The van der Waals surface area contributed by atoms with Gasteiger partial charge in [-0.15, -0.1) is 0 Å². The second-order valence-electron chi connectivity index (χ2n) is 4.42. The molecule has 2 aromatic rings. The van der Waals surface area contributed by atoms with E-state index >= 15 is 0 Å². The molecule has 0 saturated heterocycles. The first-order chi connectivity index (χ1) is 10.5. The molecular formula is C16H15IO5. The van der Waals surface area contributed by atoms with Crippen molar-refractivity contribution < 1.29 is 24.1 Å². The Bertz CT molecular complexity index is 667. The van der Waals surface area contributed by atoms with Gasteiger partial charge in [0, 0.05) is 3.57 Å². The molecule has 0 aliphatic rings. The topological polar surface area (TPSA) is 65.0 Å². The van der Waals surface area contributed by atoms with Crippen molar-refractivity contribution in [3.05, 3.63) is 51.1 Å². The predicted octanol–water partition coefficient (Wildman–Crippen LogP) is 3.59. The van der Waals surface area contributed by atoms with Crippen molar-refractivity contribution in [3.8, 4) is 17.2 Å². The molecule has 0 amide bonds. The summed E-state index contributed by atoms with van der Waals surface area (Å²) in [7, 11) is 3.09. The molecule has 0 radical (unpaired) electrons. The predicted molar refractivity (Wildman–Crippen MR) is 90.0 cm³/mol. The highest BCUT2D eigenvalue weighted by Gasteiger charge is 2.15. The molecule has 2 aromatic carbocycles. The summed E-state index contributed by atoms with van der Waals surface area (Å²) >= 11 is 1.97. The number of rotatable bonds is 6. The number of ether oxygens (including phenoxy) is 3. The van der Waals surface area contributed by atoms with Crippen LogP contribution in [0.5, 0.6) is 17.2 Å². The van der Waals surface area contributed by atoms with Crippen molar-refractivity contribution in [1.82, 2.24) is 0 Å². The van der Waals surface area contributed by atoms with Gasteiger partial charge in [-0.25, -0.2) is 4.79 Å². The van der Waals surface area contributed by atoms with E-state index in [2.05, 4.69) is 0 Å². The highest BCUT2D eigenvalue weighted by atomic mass is 127. The van der Waals surface area contributed by atoms with Crippen LogP contribution in [0.4, 0.5) is 0 Å². The van der Waals surface area contributed by atoms with Gasteiger partial charge in [0.1, 0.15) is 12.4 Å². The van der Waals surface area contributed by atoms with Gasteiger partial charge in [-0.2, -0.15) is 0 Å². The average molecular weight is 414 g/mol. The molecule has 5 nitrogen and oxygen atoms in total. The molecule has 0 fully saturated rings. The van der Waals surface area contributed by atoms with Crippen LogP contribution in [0.1, 0.15) is 15.9 Å². The maximum Gasteiger partial charge on any atom is 0.336 e. The quantitative estimate of drug-likeness (QED) is 0.733. The van der Waals surface area contributed by atoms with E-state index in [9.17, 15) is 4.79 Å². The fraction of sp³-hybridized carbons (Fsp3) is 0.188. The summed E-state index contributed by atoms with van der Waals surface area (Å²) in [5.74, 6) is 0.685. The van der Waals surface area contributed by atoms with E-state index in [1.807, 2.05) is 46.9 Å². The Kier molecular flexibility index (Phi) is 5.48. The molecule has 1 N–H and O–H groups in total. The van der Waals surface area contributed by atoms with Crippen molar-refractivity contribution in [2.45, 2.75) is 6.61 Å². The molecule has 0 bridgehead atoms. The summed E-state index contributed by atoms with van der Waals surface area (Å²) in [6.07, 6.45) is 0. The van der Waals surface area contributed by atoms with Crippen molar-refractivity contribution in [1.29, 1.82) is 0 Å². The highest BCUT2D eigenvalue weighted by Crippen LogP contribution is 2.32. The first kappa shape index (κ1) is 16.4. The van der Waals surface area contributed by atoms with Gasteiger partial charge < -0.3 is 19.3 Å². The second-order valence-corrected chi connectivity index (χ2v) is 5.59. The van der Waals surface area contributed by atoms with Crippen LogP contribution in [0.3, 0.4) is 0 Å². The lowest BCUT2D eigenvalue weighted by Gasteiger charge is -2.13. The van der Waals surface area contributed by atoms with E-state index in [-0.39, 0.29) is 5.56 Å². The molecule has 0 aliphatic heterocycles. The molecular weight excluding hydrogens is 399 g/mol. The minimum atomic E-state index is -0.996. The minimum absolute atomic E-state index is 0.189. The zero-order valence-electron chi connectivity index (χ0n) is 12.1. The standard InChI is InChI=1S/C16H15IO5/c1-20-11-5-3-10(4-6-11)9-22-15-8-13(17)12(16(18)19)7-14(15)21-2/h3-8H,9H2,1-2H3,(H,18,19). The van der Waals surface area contributed by atoms with E-state index in [4.69, 9.17) is 19.3 Å². The molecule has 0 unspecified atom stereocenters. The third kappa shape index (κ3) is 3.82. The summed E-state index contributed by atoms with van der Waals surface area (Å²) in [6, 6.07) is 10.6. The fourth-order valence-corrected chi connectivity index (χ4v) is 2.52. The van der Waals surface area contributed by atoms with Gasteiger partial charge in [-0.3, -0.25) is 0 Å². The van der Waals surface area contributed by atoms with Crippen molar-refractivity contribution >= 4 is 28.6 Å². The van der Waals surface area contributed by atoms with Crippen LogP contribution >= 0.6 is 22.6 Å². The third-order valence-corrected chi connectivity index (χ3v) is 3.93. The Hall–Kier alpha value is -1.96. The molecule has 0 heterocycles. The molecule has 22 heavy (non-hydrogen) atoms. The van der Waals surface area contributed by atoms with Gasteiger partial charge in [0.15, 0.2) is 11.5 Å². The first-order valence-electron chi connectivity index (χ1n) is 6.41. The van der Waals surface area contributed by atoms with Crippen LogP contribution in [0.25, 0.3) is 0 Å². The van der Waals surface area contributed by atoms with Crippen LogP contribution in [0.2, 0.25) is 0 Å². The number of hydrogen-bond donors (Lipinski definition) is 1. The minimum Gasteiger partial charge on any atom is -0.497 e. The zero-order valence-corrected chi connectivity index (χ0v) is 14.3. The number of carbonyl (C=O) groups is 1. The molecule has 0 saturated carbocycles. The Morgan fingerprint density at radius 2 is 1.77 bits per heavy atom. The van der Waals surface area contributed by atoms with Crippen LogP contribution in [0.15, 0.2) is 36.4 Å².